The standard InChI is InChI=1S/C10H18N2O4/c1-7(11)2-3-8(13)12-10(9(14)15)4-5-16-6-10/h7H,2-6,11H2,1H3,(H,12,13)(H,14,15). The van der Waals surface area contributed by atoms with Gasteiger partial charge in [-0.3, -0.25) is 4.79 Å². The molecule has 0 aromatic carbocycles. The van der Waals surface area contributed by atoms with Crippen LogP contribution in [-0.2, 0) is 14.3 Å². The number of hydrogen-bond donors (Lipinski definition) is 3. The zero-order chi connectivity index (χ0) is 12.2. The molecule has 0 saturated carbocycles. The minimum absolute atomic E-state index is 0.0340. The van der Waals surface area contributed by atoms with E-state index in [0.29, 0.717) is 19.4 Å². The summed E-state index contributed by atoms with van der Waals surface area (Å²) in [7, 11) is 0. The van der Waals surface area contributed by atoms with Crippen LogP contribution < -0.4 is 11.1 Å². The first kappa shape index (κ1) is 12.9. The summed E-state index contributed by atoms with van der Waals surface area (Å²) in [6.45, 7) is 2.20. The lowest BCUT2D eigenvalue weighted by molar-refractivity contribution is -0.147. The van der Waals surface area contributed by atoms with Crippen molar-refractivity contribution in [2.24, 2.45) is 5.73 Å². The molecule has 1 aliphatic heterocycles. The van der Waals surface area contributed by atoms with Gasteiger partial charge in [0.25, 0.3) is 0 Å². The van der Waals surface area contributed by atoms with Gasteiger partial charge in [0.2, 0.25) is 5.91 Å². The van der Waals surface area contributed by atoms with Gasteiger partial charge in [0.1, 0.15) is 0 Å². The first-order chi connectivity index (χ1) is 7.46. The van der Waals surface area contributed by atoms with E-state index in [-0.39, 0.29) is 25.0 Å². The third kappa shape index (κ3) is 3.18. The maximum absolute atomic E-state index is 11.5. The normalized spacial score (nSPS) is 26.4. The molecule has 0 spiro atoms. The highest BCUT2D eigenvalue weighted by Crippen LogP contribution is 2.19. The number of carbonyl (C=O) groups excluding carboxylic acids is 1. The lowest BCUT2D eigenvalue weighted by atomic mass is 9.98. The molecule has 92 valence electrons. The van der Waals surface area contributed by atoms with E-state index in [4.69, 9.17) is 15.6 Å². The second kappa shape index (κ2) is 5.27. The zero-order valence-electron chi connectivity index (χ0n) is 9.36. The average Bonchev–Trinajstić information content (AvgIpc) is 2.64. The highest BCUT2D eigenvalue weighted by molar-refractivity contribution is 5.87. The molecule has 4 N–H and O–H groups in total. The van der Waals surface area contributed by atoms with Crippen LogP contribution in [-0.4, -0.2) is 41.8 Å². The minimum Gasteiger partial charge on any atom is -0.479 e. The molecule has 2 atom stereocenters. The fraction of sp³-hybridized carbons (Fsp3) is 0.800. The van der Waals surface area contributed by atoms with Crippen LogP contribution in [0.2, 0.25) is 0 Å². The summed E-state index contributed by atoms with van der Waals surface area (Å²) in [5.74, 6) is -1.33. The first-order valence-electron chi connectivity index (χ1n) is 5.34. The van der Waals surface area contributed by atoms with Gasteiger partial charge >= 0.3 is 5.97 Å². The molecule has 6 heteroatoms. The van der Waals surface area contributed by atoms with Crippen LogP contribution in [0.15, 0.2) is 0 Å². The van der Waals surface area contributed by atoms with Gasteiger partial charge in [0.15, 0.2) is 5.54 Å². The number of ether oxygens (including phenoxy) is 1. The van der Waals surface area contributed by atoms with Crippen LogP contribution in [0.4, 0.5) is 0 Å². The summed E-state index contributed by atoms with van der Waals surface area (Å²) < 4.78 is 5.03. The van der Waals surface area contributed by atoms with E-state index in [1.54, 1.807) is 6.92 Å². The Balaban J connectivity index is 2.49. The second-order valence-corrected chi connectivity index (χ2v) is 4.25. The Morgan fingerprint density at radius 3 is 2.75 bits per heavy atom. The van der Waals surface area contributed by atoms with Gasteiger partial charge in [-0.15, -0.1) is 0 Å². The van der Waals surface area contributed by atoms with E-state index in [1.165, 1.54) is 0 Å². The number of hydrogen-bond acceptors (Lipinski definition) is 4. The summed E-state index contributed by atoms with van der Waals surface area (Å²) in [6.07, 6.45) is 1.10. The maximum Gasteiger partial charge on any atom is 0.331 e. The van der Waals surface area contributed by atoms with E-state index in [9.17, 15) is 9.59 Å². The van der Waals surface area contributed by atoms with Gasteiger partial charge in [-0.05, 0) is 13.3 Å². The Labute approximate surface area is 94.1 Å². The summed E-state index contributed by atoms with van der Waals surface area (Å²) in [5.41, 5.74) is 4.28. The van der Waals surface area contributed by atoms with E-state index in [1.807, 2.05) is 0 Å². The van der Waals surface area contributed by atoms with Crippen molar-refractivity contribution in [1.29, 1.82) is 0 Å². The van der Waals surface area contributed by atoms with Crippen molar-refractivity contribution < 1.29 is 19.4 Å². The second-order valence-electron chi connectivity index (χ2n) is 4.25. The fourth-order valence-corrected chi connectivity index (χ4v) is 1.57. The number of amides is 1. The van der Waals surface area contributed by atoms with Gasteiger partial charge in [-0.1, -0.05) is 0 Å². The summed E-state index contributed by atoms with van der Waals surface area (Å²) >= 11 is 0. The van der Waals surface area contributed by atoms with Gasteiger partial charge in [-0.25, -0.2) is 4.79 Å². The number of rotatable bonds is 5. The molecule has 1 aliphatic rings. The first-order valence-corrected chi connectivity index (χ1v) is 5.34. The quantitative estimate of drug-likeness (QED) is 0.589. The molecule has 0 bridgehead atoms. The highest BCUT2D eigenvalue weighted by Gasteiger charge is 2.43. The Kier molecular flexibility index (Phi) is 4.26. The van der Waals surface area contributed by atoms with Crippen molar-refractivity contribution in [2.75, 3.05) is 13.2 Å². The number of nitrogens with one attached hydrogen (secondary N) is 1. The molecular weight excluding hydrogens is 212 g/mol. The van der Waals surface area contributed by atoms with Crippen molar-refractivity contribution in [1.82, 2.24) is 5.32 Å². The number of aliphatic carboxylic acids is 1. The van der Waals surface area contributed by atoms with Crippen LogP contribution >= 0.6 is 0 Å². The van der Waals surface area contributed by atoms with Crippen molar-refractivity contribution >= 4 is 11.9 Å². The van der Waals surface area contributed by atoms with E-state index < -0.39 is 11.5 Å². The summed E-state index contributed by atoms with van der Waals surface area (Å²) in [4.78, 5) is 22.6. The lowest BCUT2D eigenvalue weighted by Crippen LogP contribution is -2.55. The lowest BCUT2D eigenvalue weighted by Gasteiger charge is -2.23. The molecule has 1 saturated heterocycles. The molecule has 1 fully saturated rings. The van der Waals surface area contributed by atoms with Gasteiger partial charge < -0.3 is 20.9 Å². The molecule has 0 aliphatic carbocycles. The van der Waals surface area contributed by atoms with Crippen LogP contribution in [0.3, 0.4) is 0 Å². The van der Waals surface area contributed by atoms with Crippen molar-refractivity contribution in [3.8, 4) is 0 Å². The number of carboxylic acids is 1. The monoisotopic (exact) mass is 230 g/mol. The zero-order valence-corrected chi connectivity index (χ0v) is 9.36. The smallest absolute Gasteiger partial charge is 0.331 e. The minimum atomic E-state index is -1.24. The van der Waals surface area contributed by atoms with Crippen molar-refractivity contribution in [3.63, 3.8) is 0 Å². The molecule has 0 radical (unpaired) electrons. The Morgan fingerprint density at radius 1 is 1.62 bits per heavy atom. The maximum atomic E-state index is 11.5. The van der Waals surface area contributed by atoms with Gasteiger partial charge in [0.05, 0.1) is 6.61 Å². The largest absolute Gasteiger partial charge is 0.479 e. The average molecular weight is 230 g/mol. The topological polar surface area (TPSA) is 102 Å². The van der Waals surface area contributed by atoms with Crippen LogP contribution in [0.5, 0.6) is 0 Å². The molecule has 16 heavy (non-hydrogen) atoms. The Hall–Kier alpha value is -1.14. The van der Waals surface area contributed by atoms with E-state index in [2.05, 4.69) is 5.32 Å². The number of nitrogens with two attached hydrogens (primary N) is 1. The van der Waals surface area contributed by atoms with Crippen LogP contribution in [0, 0.1) is 0 Å². The summed E-state index contributed by atoms with van der Waals surface area (Å²) in [6, 6.07) is -0.0636. The van der Waals surface area contributed by atoms with E-state index >= 15 is 0 Å². The van der Waals surface area contributed by atoms with Crippen molar-refractivity contribution in [3.05, 3.63) is 0 Å². The van der Waals surface area contributed by atoms with Crippen molar-refractivity contribution in [2.45, 2.75) is 37.8 Å². The number of carbonyl (C=O) groups is 2. The third-order valence-corrected chi connectivity index (χ3v) is 2.64. The predicted molar refractivity (Wildman–Crippen MR) is 56.8 cm³/mol. The predicted octanol–water partition coefficient (Wildman–Crippen LogP) is -0.526. The fourth-order valence-electron chi connectivity index (χ4n) is 1.57. The van der Waals surface area contributed by atoms with Crippen LogP contribution in [0.25, 0.3) is 0 Å². The van der Waals surface area contributed by atoms with Crippen LogP contribution in [0.1, 0.15) is 26.2 Å². The van der Waals surface area contributed by atoms with Gasteiger partial charge in [-0.2, -0.15) is 0 Å². The molecule has 0 aromatic heterocycles. The molecule has 6 nitrogen and oxygen atoms in total. The molecule has 1 rings (SSSR count). The SMILES string of the molecule is CC(N)CCC(=O)NC1(C(=O)O)CCOC1. The molecule has 0 aromatic rings. The number of carboxylic acid groups (broad SMARTS) is 1. The van der Waals surface area contributed by atoms with Gasteiger partial charge in [0, 0.05) is 25.5 Å². The third-order valence-electron chi connectivity index (χ3n) is 2.64. The molecule has 2 unspecified atom stereocenters. The van der Waals surface area contributed by atoms with E-state index in [0.717, 1.165) is 0 Å². The molecule has 1 amide bonds. The molecule has 1 heterocycles. The highest BCUT2D eigenvalue weighted by atomic mass is 16.5. The summed E-state index contributed by atoms with van der Waals surface area (Å²) in [5, 5.41) is 11.6. The molecular formula is C10H18N2O4. The Bertz CT molecular complexity index is 272. The Morgan fingerprint density at radius 2 is 2.31 bits per heavy atom.